The van der Waals surface area contributed by atoms with Crippen LogP contribution in [-0.4, -0.2) is 12.3 Å². The third-order valence-electron chi connectivity index (χ3n) is 4.24. The van der Waals surface area contributed by atoms with E-state index >= 15 is 0 Å². The van der Waals surface area contributed by atoms with Gasteiger partial charge in [0.05, 0.1) is 0 Å². The molecule has 0 spiro atoms. The van der Waals surface area contributed by atoms with Crippen molar-refractivity contribution in [3.8, 4) is 11.1 Å². The number of rotatable bonds is 8. The lowest BCUT2D eigenvalue weighted by molar-refractivity contribution is 0.871. The number of hydrogen-bond donors (Lipinski definition) is 0. The van der Waals surface area contributed by atoms with Gasteiger partial charge < -0.3 is 0 Å². The first-order valence-electron chi connectivity index (χ1n) is 8.67. The van der Waals surface area contributed by atoms with Crippen LogP contribution < -0.4 is 5.30 Å². The molecule has 0 radical (unpaired) electrons. The fourth-order valence-corrected chi connectivity index (χ4v) is 5.84. The molecule has 0 saturated heterocycles. The molecule has 0 aliphatic heterocycles. The highest BCUT2D eigenvalue weighted by molar-refractivity contribution is 7.65. The maximum Gasteiger partial charge on any atom is -0.0104 e. The molecule has 1 heteroatoms. The van der Waals surface area contributed by atoms with E-state index in [2.05, 4.69) is 69.3 Å². The Balaban J connectivity index is 2.38. The second kappa shape index (κ2) is 9.11. The zero-order valence-corrected chi connectivity index (χ0v) is 15.2. The van der Waals surface area contributed by atoms with Crippen LogP contribution in [0.4, 0.5) is 0 Å². The summed E-state index contributed by atoms with van der Waals surface area (Å²) in [6, 6.07) is 17.9. The lowest BCUT2D eigenvalue weighted by Crippen LogP contribution is -2.10. The van der Waals surface area contributed by atoms with Gasteiger partial charge in [0.15, 0.2) is 0 Å². The van der Waals surface area contributed by atoms with E-state index < -0.39 is 0 Å². The quantitative estimate of drug-likeness (QED) is 0.497. The van der Waals surface area contributed by atoms with Crippen LogP contribution in [0.2, 0.25) is 0 Å². The van der Waals surface area contributed by atoms with Gasteiger partial charge in [0.1, 0.15) is 0 Å². The minimum absolute atomic E-state index is 0.0243. The zero-order chi connectivity index (χ0) is 15.8. The van der Waals surface area contributed by atoms with E-state index in [1.807, 2.05) is 0 Å². The molecule has 2 aromatic rings. The van der Waals surface area contributed by atoms with Crippen LogP contribution in [0, 0.1) is 6.92 Å². The molecule has 0 heterocycles. The van der Waals surface area contributed by atoms with Crippen LogP contribution in [0.3, 0.4) is 0 Å². The molecule has 0 aliphatic rings. The Morgan fingerprint density at radius 3 is 1.86 bits per heavy atom. The van der Waals surface area contributed by atoms with Crippen molar-refractivity contribution >= 4 is 13.2 Å². The molecule has 0 saturated carbocycles. The van der Waals surface area contributed by atoms with Crippen LogP contribution in [0.25, 0.3) is 11.1 Å². The zero-order valence-electron chi connectivity index (χ0n) is 14.3. The third kappa shape index (κ3) is 4.43. The summed E-state index contributed by atoms with van der Waals surface area (Å²) in [5.74, 6) is 0. The molecular formula is C21H29P. The SMILES string of the molecule is CCCCP(CCCC)c1ccccc1-c1ccccc1C. The summed E-state index contributed by atoms with van der Waals surface area (Å²) in [5, 5.41) is 1.62. The highest BCUT2D eigenvalue weighted by Crippen LogP contribution is 2.40. The van der Waals surface area contributed by atoms with Crippen molar-refractivity contribution in [3.05, 3.63) is 54.1 Å². The summed E-state index contributed by atoms with van der Waals surface area (Å²) in [6.45, 7) is 6.84. The molecular weight excluding hydrogens is 283 g/mol. The summed E-state index contributed by atoms with van der Waals surface area (Å²) >= 11 is 0. The van der Waals surface area contributed by atoms with E-state index in [1.54, 1.807) is 5.30 Å². The van der Waals surface area contributed by atoms with Crippen molar-refractivity contribution in [1.29, 1.82) is 0 Å². The first-order chi connectivity index (χ1) is 10.8. The lowest BCUT2D eigenvalue weighted by atomic mass is 10.0. The van der Waals surface area contributed by atoms with Gasteiger partial charge >= 0.3 is 0 Å². The Labute approximate surface area is 137 Å². The Morgan fingerprint density at radius 2 is 1.27 bits per heavy atom. The van der Waals surface area contributed by atoms with Crippen molar-refractivity contribution in [2.45, 2.75) is 46.5 Å². The molecule has 0 aliphatic carbocycles. The minimum Gasteiger partial charge on any atom is -0.0746 e. The Kier molecular flexibility index (Phi) is 7.13. The fourth-order valence-electron chi connectivity index (χ4n) is 2.90. The average molecular weight is 312 g/mol. The summed E-state index contributed by atoms with van der Waals surface area (Å²) in [7, 11) is -0.0243. The minimum atomic E-state index is -0.0243. The van der Waals surface area contributed by atoms with Gasteiger partial charge in [-0.1, -0.05) is 83.1 Å². The van der Waals surface area contributed by atoms with Crippen LogP contribution in [-0.2, 0) is 0 Å². The topological polar surface area (TPSA) is 0 Å². The van der Waals surface area contributed by atoms with Crippen LogP contribution in [0.5, 0.6) is 0 Å². The van der Waals surface area contributed by atoms with E-state index in [4.69, 9.17) is 0 Å². The van der Waals surface area contributed by atoms with Gasteiger partial charge in [-0.25, -0.2) is 0 Å². The average Bonchev–Trinajstić information content (AvgIpc) is 2.56. The highest BCUT2D eigenvalue weighted by Gasteiger charge is 2.15. The monoisotopic (exact) mass is 312 g/mol. The molecule has 0 unspecified atom stereocenters. The Bertz CT molecular complexity index is 566. The molecule has 0 amide bonds. The molecule has 0 aromatic heterocycles. The molecule has 118 valence electrons. The second-order valence-electron chi connectivity index (χ2n) is 6.03. The smallest absolute Gasteiger partial charge is 0.0104 e. The highest BCUT2D eigenvalue weighted by atomic mass is 31.1. The molecule has 2 rings (SSSR count). The van der Waals surface area contributed by atoms with E-state index in [1.165, 1.54) is 54.7 Å². The van der Waals surface area contributed by atoms with Crippen LogP contribution in [0.15, 0.2) is 48.5 Å². The van der Waals surface area contributed by atoms with Crippen molar-refractivity contribution in [1.82, 2.24) is 0 Å². The van der Waals surface area contributed by atoms with Crippen LogP contribution in [0.1, 0.15) is 45.1 Å². The van der Waals surface area contributed by atoms with E-state index in [0.29, 0.717) is 0 Å². The molecule has 0 nitrogen and oxygen atoms in total. The number of hydrogen-bond acceptors (Lipinski definition) is 0. The number of benzene rings is 2. The van der Waals surface area contributed by atoms with E-state index in [0.717, 1.165) is 0 Å². The lowest BCUT2D eigenvalue weighted by Gasteiger charge is -2.22. The number of aryl methyl sites for hydroxylation is 1. The predicted molar refractivity (Wildman–Crippen MR) is 103 cm³/mol. The van der Waals surface area contributed by atoms with Gasteiger partial charge in [0.2, 0.25) is 0 Å². The summed E-state index contributed by atoms with van der Waals surface area (Å²) in [5.41, 5.74) is 4.27. The molecule has 22 heavy (non-hydrogen) atoms. The van der Waals surface area contributed by atoms with E-state index in [-0.39, 0.29) is 7.92 Å². The molecule has 0 fully saturated rings. The summed E-state index contributed by atoms with van der Waals surface area (Å²) < 4.78 is 0. The summed E-state index contributed by atoms with van der Waals surface area (Å²) in [6.07, 6.45) is 8.09. The largest absolute Gasteiger partial charge is 0.0746 e. The first-order valence-corrected chi connectivity index (χ1v) is 10.4. The second-order valence-corrected chi connectivity index (χ2v) is 8.48. The van der Waals surface area contributed by atoms with Gasteiger partial charge in [-0.3, -0.25) is 0 Å². The Morgan fingerprint density at radius 1 is 0.727 bits per heavy atom. The van der Waals surface area contributed by atoms with Gasteiger partial charge in [0, 0.05) is 0 Å². The molecule has 0 N–H and O–H groups in total. The van der Waals surface area contributed by atoms with Crippen molar-refractivity contribution in [2.24, 2.45) is 0 Å². The van der Waals surface area contributed by atoms with E-state index in [9.17, 15) is 0 Å². The van der Waals surface area contributed by atoms with Crippen LogP contribution >= 0.6 is 7.92 Å². The first kappa shape index (κ1) is 17.2. The number of unbranched alkanes of at least 4 members (excludes halogenated alkanes) is 2. The Hall–Kier alpha value is -1.13. The maximum atomic E-state index is 2.39. The molecule has 2 aromatic carbocycles. The van der Waals surface area contributed by atoms with Crippen molar-refractivity contribution < 1.29 is 0 Å². The van der Waals surface area contributed by atoms with Crippen molar-refractivity contribution in [3.63, 3.8) is 0 Å². The maximum absolute atomic E-state index is 2.39. The van der Waals surface area contributed by atoms with Gasteiger partial charge in [-0.05, 0) is 54.1 Å². The predicted octanol–water partition coefficient (Wildman–Crippen LogP) is 6.37. The van der Waals surface area contributed by atoms with Crippen molar-refractivity contribution in [2.75, 3.05) is 12.3 Å². The van der Waals surface area contributed by atoms with Gasteiger partial charge in [-0.2, -0.15) is 0 Å². The fraction of sp³-hybridized carbons (Fsp3) is 0.429. The molecule has 0 atom stereocenters. The normalized spacial score (nSPS) is 11.1. The third-order valence-corrected chi connectivity index (χ3v) is 7.03. The van der Waals surface area contributed by atoms with Gasteiger partial charge in [0.25, 0.3) is 0 Å². The standard InChI is InChI=1S/C21H29P/c1-4-6-16-22(17-7-5-2)21-15-11-10-14-20(21)19-13-9-8-12-18(19)3/h8-15H,4-7,16-17H2,1-3H3. The summed E-state index contributed by atoms with van der Waals surface area (Å²) in [4.78, 5) is 0. The molecule has 0 bridgehead atoms. The van der Waals surface area contributed by atoms with Gasteiger partial charge in [-0.15, -0.1) is 0 Å².